The van der Waals surface area contributed by atoms with Crippen LogP contribution in [0.4, 0.5) is 5.69 Å². The molecule has 0 spiro atoms. The number of anilines is 1. The van der Waals surface area contributed by atoms with Crippen molar-refractivity contribution in [2.24, 2.45) is 0 Å². The van der Waals surface area contributed by atoms with Crippen LogP contribution in [-0.4, -0.2) is 49.8 Å². The van der Waals surface area contributed by atoms with E-state index in [1.807, 2.05) is 24.3 Å². The van der Waals surface area contributed by atoms with Crippen molar-refractivity contribution in [2.75, 3.05) is 24.7 Å². The summed E-state index contributed by atoms with van der Waals surface area (Å²) in [4.78, 5) is 27.9. The molecule has 0 radical (unpaired) electrons. The van der Waals surface area contributed by atoms with Crippen LogP contribution >= 0.6 is 23.5 Å². The Kier molecular flexibility index (Phi) is 5.24. The van der Waals surface area contributed by atoms with Gasteiger partial charge in [-0.05, 0) is 42.0 Å². The summed E-state index contributed by atoms with van der Waals surface area (Å²) in [6, 6.07) is 11.6. The van der Waals surface area contributed by atoms with Gasteiger partial charge in [0.25, 0.3) is 5.91 Å². The number of nitrogens with one attached hydrogen (secondary N) is 1. The number of carbonyl (C=O) groups excluding carboxylic acids is 2. The Morgan fingerprint density at radius 1 is 1.19 bits per heavy atom. The first-order valence-electron chi connectivity index (χ1n) is 9.71. The van der Waals surface area contributed by atoms with Crippen molar-refractivity contribution in [1.29, 1.82) is 0 Å². The first kappa shape index (κ1) is 21.4. The fourth-order valence-corrected chi connectivity index (χ4v) is 6.31. The smallest absolute Gasteiger partial charge is 0.280 e. The van der Waals surface area contributed by atoms with Gasteiger partial charge in [0.15, 0.2) is 0 Å². The lowest BCUT2D eigenvalue weighted by atomic mass is 10.0. The Morgan fingerprint density at radius 2 is 1.94 bits per heavy atom. The topological polar surface area (TPSA) is 96.0 Å². The van der Waals surface area contributed by atoms with Crippen LogP contribution < -0.4 is 15.0 Å². The maximum absolute atomic E-state index is 13.4. The van der Waals surface area contributed by atoms with E-state index in [2.05, 4.69) is 5.32 Å². The lowest BCUT2D eigenvalue weighted by Gasteiger charge is -2.36. The summed E-state index contributed by atoms with van der Waals surface area (Å²) in [5.74, 6) is 0.627. The molecule has 7 rings (SSSR count). The minimum absolute atomic E-state index is 0.0961. The molecule has 166 valence electrons. The molecule has 1 fully saturated rings. The largest absolute Gasteiger partial charge is 0.467 e. The maximum atomic E-state index is 13.4. The third-order valence-corrected chi connectivity index (χ3v) is 9.14. The van der Waals surface area contributed by atoms with Gasteiger partial charge in [0, 0.05) is 19.0 Å². The molecular weight excluding hydrogens is 470 g/mol. The first-order valence-corrected chi connectivity index (χ1v) is 13.0. The summed E-state index contributed by atoms with van der Waals surface area (Å²) in [5, 5.41) is 3.47. The fraction of sp³-hybridized carbons (Fsp3) is 0.238. The molecular formula is C21H19N3O5S3. The summed E-state index contributed by atoms with van der Waals surface area (Å²) in [6.45, 7) is 0. The predicted molar refractivity (Wildman–Crippen MR) is 123 cm³/mol. The maximum Gasteiger partial charge on any atom is 0.280 e. The zero-order valence-corrected chi connectivity index (χ0v) is 19.6. The second-order valence-corrected chi connectivity index (χ2v) is 11.9. The lowest BCUT2D eigenvalue weighted by Crippen LogP contribution is -2.45. The quantitative estimate of drug-likeness (QED) is 0.690. The summed E-state index contributed by atoms with van der Waals surface area (Å²) in [5.41, 5.74) is 0.668. The Balaban J connectivity index is 1.61. The highest BCUT2D eigenvalue weighted by Crippen LogP contribution is 2.48. The van der Waals surface area contributed by atoms with Crippen molar-refractivity contribution in [1.82, 2.24) is 9.62 Å². The molecule has 0 aliphatic carbocycles. The summed E-state index contributed by atoms with van der Waals surface area (Å²) in [6.07, 6.45) is 1.83. The van der Waals surface area contributed by atoms with Gasteiger partial charge in [-0.1, -0.05) is 35.7 Å². The molecule has 2 atom stereocenters. The number of fused-ring (bicyclic) bond motifs is 2. The summed E-state index contributed by atoms with van der Waals surface area (Å²) >= 11 is 2.72. The van der Waals surface area contributed by atoms with E-state index in [4.69, 9.17) is 4.74 Å². The molecule has 4 bridgehead atoms. The number of thioether (sulfide) groups is 2. The van der Waals surface area contributed by atoms with E-state index in [-0.39, 0.29) is 16.7 Å². The molecule has 1 saturated heterocycles. The van der Waals surface area contributed by atoms with Crippen molar-refractivity contribution >= 4 is 51.0 Å². The highest BCUT2D eigenvalue weighted by molar-refractivity contribution is 8.04. The average Bonchev–Trinajstić information content (AvgIpc) is 2.93. The number of hydrogen-bond acceptors (Lipinski definition) is 7. The SMILES string of the molecule is CN(C)S(=O)(=O)c1ccc(C(/C=C2/NC(=O)CS2)N2C(=O)C3Oc4ccc(cc42)S3)cc1. The van der Waals surface area contributed by atoms with Crippen LogP contribution in [0.25, 0.3) is 0 Å². The molecule has 0 aromatic heterocycles. The number of hydrogen-bond donors (Lipinski definition) is 1. The number of ether oxygens (including phenoxy) is 1. The average molecular weight is 490 g/mol. The number of amides is 2. The standard InChI is InChI=1S/C21H19N3O5S3/c1-23(2)32(27,28)14-6-3-12(4-7-14)15(10-19-22-18(25)11-30-19)24-16-9-13-5-8-17(16)29-21(31-13)20(24)26/h3-10,15,21H,11H2,1-2H3,(H,22,25)/b19-10-. The molecule has 1 N–H and O–H groups in total. The molecule has 2 aromatic carbocycles. The minimum Gasteiger partial charge on any atom is -0.467 e. The summed E-state index contributed by atoms with van der Waals surface area (Å²) < 4.78 is 31.9. The number of sulfonamides is 1. The molecule has 8 nitrogen and oxygen atoms in total. The van der Waals surface area contributed by atoms with Gasteiger partial charge in [-0.15, -0.1) is 0 Å². The molecule has 5 aliphatic heterocycles. The zero-order valence-electron chi connectivity index (χ0n) is 17.1. The van der Waals surface area contributed by atoms with Crippen LogP contribution in [0.15, 0.2) is 63.4 Å². The van der Waals surface area contributed by atoms with Crippen LogP contribution in [0.1, 0.15) is 11.6 Å². The van der Waals surface area contributed by atoms with Gasteiger partial charge in [0.2, 0.25) is 21.4 Å². The molecule has 0 saturated carbocycles. The van der Waals surface area contributed by atoms with Crippen molar-refractivity contribution in [3.05, 3.63) is 59.1 Å². The molecule has 11 heteroatoms. The van der Waals surface area contributed by atoms with Crippen molar-refractivity contribution in [2.45, 2.75) is 21.3 Å². The van der Waals surface area contributed by atoms with Crippen LogP contribution in [0.2, 0.25) is 0 Å². The Hall–Kier alpha value is -2.47. The normalized spacial score (nSPS) is 21.8. The Morgan fingerprint density at radius 3 is 2.59 bits per heavy atom. The Bertz CT molecular complexity index is 1260. The third kappa shape index (κ3) is 3.58. The predicted octanol–water partition coefficient (Wildman–Crippen LogP) is 2.54. The number of nitrogens with zero attached hydrogens (tertiary/aromatic N) is 2. The van der Waals surface area contributed by atoms with Gasteiger partial charge in [0.1, 0.15) is 5.75 Å². The second-order valence-electron chi connectivity index (χ2n) is 7.57. The lowest BCUT2D eigenvalue weighted by molar-refractivity contribution is -0.123. The van der Waals surface area contributed by atoms with Crippen LogP contribution in [0, 0.1) is 0 Å². The van der Waals surface area contributed by atoms with Crippen LogP contribution in [-0.2, 0) is 19.6 Å². The van der Waals surface area contributed by atoms with Crippen molar-refractivity contribution in [3.8, 4) is 5.75 Å². The van der Waals surface area contributed by atoms with E-state index in [9.17, 15) is 18.0 Å². The van der Waals surface area contributed by atoms with E-state index in [1.54, 1.807) is 17.0 Å². The molecule has 32 heavy (non-hydrogen) atoms. The van der Waals surface area contributed by atoms with Gasteiger partial charge in [-0.3, -0.25) is 14.5 Å². The molecule has 5 aliphatic rings. The van der Waals surface area contributed by atoms with E-state index in [0.29, 0.717) is 27.8 Å². The third-order valence-electron chi connectivity index (χ3n) is 5.32. The van der Waals surface area contributed by atoms with E-state index >= 15 is 0 Å². The molecule has 2 unspecified atom stereocenters. The van der Waals surface area contributed by atoms with Gasteiger partial charge < -0.3 is 10.1 Å². The van der Waals surface area contributed by atoms with Gasteiger partial charge in [-0.2, -0.15) is 0 Å². The molecule has 5 heterocycles. The number of carbonyl (C=O) groups is 2. The first-order chi connectivity index (χ1) is 15.2. The molecule has 2 amide bonds. The highest BCUT2D eigenvalue weighted by atomic mass is 32.2. The van der Waals surface area contributed by atoms with Crippen LogP contribution in [0.5, 0.6) is 5.75 Å². The highest BCUT2D eigenvalue weighted by Gasteiger charge is 2.42. The summed E-state index contributed by atoms with van der Waals surface area (Å²) in [7, 11) is -0.627. The van der Waals surface area contributed by atoms with Crippen molar-refractivity contribution in [3.63, 3.8) is 0 Å². The second kappa shape index (κ2) is 7.84. The number of benzene rings is 2. The number of rotatable bonds is 5. The van der Waals surface area contributed by atoms with Crippen LogP contribution in [0.3, 0.4) is 0 Å². The van der Waals surface area contributed by atoms with E-state index < -0.39 is 21.5 Å². The van der Waals surface area contributed by atoms with Gasteiger partial charge >= 0.3 is 0 Å². The van der Waals surface area contributed by atoms with Crippen molar-refractivity contribution < 1.29 is 22.7 Å². The van der Waals surface area contributed by atoms with E-state index in [0.717, 1.165) is 9.20 Å². The van der Waals surface area contributed by atoms with Gasteiger partial charge in [-0.25, -0.2) is 12.7 Å². The zero-order chi connectivity index (χ0) is 22.6. The van der Waals surface area contributed by atoms with Gasteiger partial charge in [0.05, 0.1) is 27.4 Å². The Labute approximate surface area is 194 Å². The molecule has 2 aromatic rings. The van der Waals surface area contributed by atoms with E-state index in [1.165, 1.54) is 49.8 Å². The minimum atomic E-state index is -3.58. The monoisotopic (exact) mass is 489 g/mol. The fourth-order valence-electron chi connectivity index (χ4n) is 3.70.